The van der Waals surface area contributed by atoms with Gasteiger partial charge in [0, 0.05) is 42.3 Å². The van der Waals surface area contributed by atoms with Gasteiger partial charge in [0.2, 0.25) is 0 Å². The molecule has 0 aliphatic carbocycles. The Kier molecular flexibility index (Phi) is 5.06. The van der Waals surface area contributed by atoms with Gasteiger partial charge in [0.05, 0.1) is 5.71 Å². The van der Waals surface area contributed by atoms with Crippen molar-refractivity contribution in [3.63, 3.8) is 0 Å². The molecule has 0 atom stereocenters. The molecular weight excluding hydrogens is 398 g/mol. The van der Waals surface area contributed by atoms with Crippen molar-refractivity contribution in [2.45, 2.75) is 27.3 Å². The predicted molar refractivity (Wildman–Crippen MR) is 116 cm³/mol. The number of nitrogens with zero attached hydrogens (tertiary/aromatic N) is 3. The van der Waals surface area contributed by atoms with Crippen LogP contribution in [0.1, 0.15) is 31.9 Å². The number of carbonyl (C=O) groups is 3. The van der Waals surface area contributed by atoms with Crippen molar-refractivity contribution in [2.75, 3.05) is 7.05 Å². The average molecular weight is 419 g/mol. The molecule has 0 radical (unpaired) electrons. The predicted octanol–water partition coefficient (Wildman–Crippen LogP) is 4.05. The van der Waals surface area contributed by atoms with Gasteiger partial charge in [-0.15, -0.1) is 0 Å². The molecule has 8 heteroatoms. The van der Waals surface area contributed by atoms with Gasteiger partial charge in [-0.3, -0.25) is 4.79 Å². The van der Waals surface area contributed by atoms with E-state index in [9.17, 15) is 14.4 Å². The summed E-state index contributed by atoms with van der Waals surface area (Å²) in [4.78, 5) is 40.5. The quantitative estimate of drug-likeness (QED) is 0.275. The Morgan fingerprint density at radius 3 is 2.39 bits per heavy atom. The fraction of sp³-hybridized carbons (Fsp3) is 0.217. The first-order valence-electron chi connectivity index (χ1n) is 9.80. The van der Waals surface area contributed by atoms with Gasteiger partial charge >= 0.3 is 12.1 Å². The Morgan fingerprint density at radius 1 is 1.10 bits per heavy atom. The maximum absolute atomic E-state index is 12.1. The van der Waals surface area contributed by atoms with Crippen LogP contribution in [-0.4, -0.2) is 40.2 Å². The first-order valence-corrected chi connectivity index (χ1v) is 9.80. The van der Waals surface area contributed by atoms with E-state index in [2.05, 4.69) is 16.6 Å². The number of likely N-dealkylation sites (N-methyl/N-ethyl adjacent to an activating group) is 1. The maximum Gasteiger partial charge on any atom is 0.422 e. The molecule has 0 bridgehead atoms. The molecule has 0 saturated carbocycles. The molecule has 1 saturated heterocycles. The molecule has 3 aromatic rings. The van der Waals surface area contributed by atoms with Gasteiger partial charge in [-0.2, -0.15) is 0 Å². The Bertz CT molecular complexity index is 1320. The number of amides is 2. The van der Waals surface area contributed by atoms with E-state index < -0.39 is 18.0 Å². The van der Waals surface area contributed by atoms with Crippen LogP contribution in [0.15, 0.2) is 47.3 Å². The number of rotatable bonds is 4. The van der Waals surface area contributed by atoms with Gasteiger partial charge in [0.1, 0.15) is 0 Å². The van der Waals surface area contributed by atoms with Crippen LogP contribution in [-0.2, 0) is 25.7 Å². The lowest BCUT2D eigenvalue weighted by Crippen LogP contribution is -2.23. The van der Waals surface area contributed by atoms with Gasteiger partial charge in [0.15, 0.2) is 5.76 Å². The minimum Gasteiger partial charge on any atom is -0.404 e. The number of hydrogen-bond donors (Lipinski definition) is 0. The zero-order valence-electron chi connectivity index (χ0n) is 17.6. The summed E-state index contributed by atoms with van der Waals surface area (Å²) < 4.78 is 7.24. The molecule has 2 aromatic carbocycles. The highest BCUT2D eigenvalue weighted by Crippen LogP contribution is 2.32. The lowest BCUT2D eigenvalue weighted by Gasteiger charge is -2.04. The van der Waals surface area contributed by atoms with Crippen molar-refractivity contribution in [1.29, 1.82) is 0 Å². The van der Waals surface area contributed by atoms with Gasteiger partial charge in [-0.05, 0) is 55.3 Å². The van der Waals surface area contributed by atoms with Gasteiger partial charge in [0.25, 0.3) is 5.91 Å². The van der Waals surface area contributed by atoms with Crippen molar-refractivity contribution in [1.82, 2.24) is 9.47 Å². The highest BCUT2D eigenvalue weighted by atomic mass is 16.7. The number of aryl methyl sites for hydroxylation is 1. The monoisotopic (exact) mass is 419 g/mol. The van der Waals surface area contributed by atoms with E-state index in [1.54, 1.807) is 13.0 Å². The van der Waals surface area contributed by atoms with Crippen LogP contribution in [0.25, 0.3) is 27.9 Å². The third kappa shape index (κ3) is 3.56. The molecule has 0 spiro atoms. The molecule has 1 aliphatic rings. The number of cyclic esters (lactones) is 1. The van der Waals surface area contributed by atoms with Crippen molar-refractivity contribution < 1.29 is 24.0 Å². The van der Waals surface area contributed by atoms with Gasteiger partial charge < -0.3 is 14.1 Å². The van der Waals surface area contributed by atoms with Crippen molar-refractivity contribution >= 4 is 51.6 Å². The second kappa shape index (κ2) is 7.71. The topological polar surface area (TPSA) is 90.2 Å². The average Bonchev–Trinajstić information content (AvgIpc) is 3.19. The van der Waals surface area contributed by atoms with E-state index in [4.69, 9.17) is 9.57 Å². The first-order chi connectivity index (χ1) is 14.8. The number of fused-ring (bicyclic) bond motifs is 3. The fourth-order valence-electron chi connectivity index (χ4n) is 3.66. The molecule has 1 fully saturated rings. The van der Waals surface area contributed by atoms with E-state index in [0.717, 1.165) is 44.4 Å². The third-order valence-corrected chi connectivity index (χ3v) is 5.22. The lowest BCUT2D eigenvalue weighted by molar-refractivity contribution is -0.140. The Balaban J connectivity index is 1.85. The molecule has 2 heterocycles. The smallest absolute Gasteiger partial charge is 0.404 e. The maximum atomic E-state index is 12.1. The zero-order chi connectivity index (χ0) is 22.3. The zero-order valence-corrected chi connectivity index (χ0v) is 17.6. The Hall–Kier alpha value is -3.94. The molecule has 158 valence electrons. The Labute approximate surface area is 178 Å². The summed E-state index contributed by atoms with van der Waals surface area (Å²) in [6, 6.07) is 11.8. The number of oxime groups is 1. The number of ether oxygens (including phenoxy) is 1. The van der Waals surface area contributed by atoms with Crippen LogP contribution in [0.4, 0.5) is 4.79 Å². The van der Waals surface area contributed by atoms with Gasteiger partial charge in [-0.1, -0.05) is 17.3 Å². The summed E-state index contributed by atoms with van der Waals surface area (Å²) in [7, 11) is 1.38. The summed E-state index contributed by atoms with van der Waals surface area (Å²) >= 11 is 0. The van der Waals surface area contributed by atoms with Crippen molar-refractivity contribution in [3.8, 4) is 0 Å². The molecule has 0 unspecified atom stereocenters. The van der Waals surface area contributed by atoms with Crippen LogP contribution < -0.4 is 0 Å². The van der Waals surface area contributed by atoms with Crippen LogP contribution in [0.5, 0.6) is 0 Å². The highest BCUT2D eigenvalue weighted by Gasteiger charge is 2.33. The third-order valence-electron chi connectivity index (χ3n) is 5.22. The summed E-state index contributed by atoms with van der Waals surface area (Å²) in [6.45, 7) is 5.92. The summed E-state index contributed by atoms with van der Waals surface area (Å²) in [5.41, 5.74) is 4.24. The molecule has 2 amide bonds. The first kappa shape index (κ1) is 20.3. The molecule has 1 aromatic heterocycles. The number of carbonyl (C=O) groups excluding carboxylic acids is 3. The normalized spacial score (nSPS) is 15.9. The van der Waals surface area contributed by atoms with E-state index >= 15 is 0 Å². The SMILES string of the molecule is CCn1c2ccc(/C=C3\OC(=O)N(C)C3=O)cc2c2cc(/C(C)=N/OC(C)=O)ccc21. The van der Waals surface area contributed by atoms with Crippen LogP contribution in [0.2, 0.25) is 0 Å². The Morgan fingerprint density at radius 2 is 1.77 bits per heavy atom. The summed E-state index contributed by atoms with van der Waals surface area (Å²) in [5, 5.41) is 5.86. The fourth-order valence-corrected chi connectivity index (χ4v) is 3.66. The number of hydrogen-bond acceptors (Lipinski definition) is 6. The number of aromatic nitrogens is 1. The largest absolute Gasteiger partial charge is 0.422 e. The minimum absolute atomic E-state index is 0.00359. The molecule has 0 N–H and O–H groups in total. The van der Waals surface area contributed by atoms with E-state index in [-0.39, 0.29) is 5.76 Å². The second-order valence-corrected chi connectivity index (χ2v) is 7.25. The highest BCUT2D eigenvalue weighted by molar-refractivity contribution is 6.13. The molecular formula is C23H21N3O5. The van der Waals surface area contributed by atoms with Crippen LogP contribution >= 0.6 is 0 Å². The minimum atomic E-state index is -0.688. The van der Waals surface area contributed by atoms with Gasteiger partial charge in [-0.25, -0.2) is 14.5 Å². The summed E-state index contributed by atoms with van der Waals surface area (Å²) in [6.07, 6.45) is 0.877. The summed E-state index contributed by atoms with van der Waals surface area (Å²) in [5.74, 6) is -0.953. The van der Waals surface area contributed by atoms with Crippen LogP contribution in [0.3, 0.4) is 0 Å². The van der Waals surface area contributed by atoms with E-state index in [0.29, 0.717) is 5.71 Å². The number of imide groups is 1. The molecule has 31 heavy (non-hydrogen) atoms. The lowest BCUT2D eigenvalue weighted by atomic mass is 10.0. The van der Waals surface area contributed by atoms with Crippen molar-refractivity contribution in [3.05, 3.63) is 53.3 Å². The van der Waals surface area contributed by atoms with E-state index in [1.165, 1.54) is 14.0 Å². The molecule has 4 rings (SSSR count). The van der Waals surface area contributed by atoms with Crippen molar-refractivity contribution in [2.24, 2.45) is 5.16 Å². The molecule has 8 nitrogen and oxygen atoms in total. The number of benzene rings is 2. The van der Waals surface area contributed by atoms with E-state index in [1.807, 2.05) is 36.4 Å². The second-order valence-electron chi connectivity index (χ2n) is 7.25. The van der Waals surface area contributed by atoms with Crippen LogP contribution in [0, 0.1) is 0 Å². The standard InChI is InChI=1S/C23H21N3O5/c1-5-26-19-8-6-15(11-21-22(28)25(4)23(29)30-21)10-17(19)18-12-16(7-9-20(18)26)13(2)24-31-14(3)27/h6-12H,5H2,1-4H3/b21-11-,24-13+. The molecule has 1 aliphatic heterocycles.